The minimum Gasteiger partial charge on any atom is -0.378 e. The molecule has 0 radical (unpaired) electrons. The molecular formula is C15H25N5O2. The molecule has 0 spiro atoms. The van der Waals surface area contributed by atoms with Gasteiger partial charge < -0.3 is 9.64 Å². The predicted octanol–water partition coefficient (Wildman–Crippen LogP) is 0.382. The molecule has 0 N–H and O–H groups in total. The molecule has 0 unspecified atom stereocenters. The van der Waals surface area contributed by atoms with E-state index in [1.807, 2.05) is 9.58 Å². The maximum absolute atomic E-state index is 12.3. The summed E-state index contributed by atoms with van der Waals surface area (Å²) < 4.78 is 7.20. The Morgan fingerprint density at radius 3 is 2.86 bits per heavy atom. The van der Waals surface area contributed by atoms with Gasteiger partial charge in [0.25, 0.3) is 0 Å². The van der Waals surface area contributed by atoms with Gasteiger partial charge in [0, 0.05) is 32.1 Å². The number of ether oxygens (including phenoxy) is 1. The number of carbonyl (C=O) groups excluding carboxylic acids is 1. The van der Waals surface area contributed by atoms with E-state index < -0.39 is 0 Å². The number of rotatable bonds is 5. The zero-order valence-electron chi connectivity index (χ0n) is 13.1. The summed E-state index contributed by atoms with van der Waals surface area (Å²) in [6.45, 7) is 5.61. The van der Waals surface area contributed by atoms with Crippen molar-refractivity contribution in [2.45, 2.75) is 38.3 Å². The van der Waals surface area contributed by atoms with Crippen molar-refractivity contribution in [1.82, 2.24) is 24.6 Å². The first-order valence-electron chi connectivity index (χ1n) is 8.25. The van der Waals surface area contributed by atoms with Crippen LogP contribution >= 0.6 is 0 Å². The molecular weight excluding hydrogens is 282 g/mol. The monoisotopic (exact) mass is 307 g/mol. The first kappa shape index (κ1) is 15.4. The van der Waals surface area contributed by atoms with Crippen molar-refractivity contribution < 1.29 is 9.53 Å². The highest BCUT2D eigenvalue weighted by Crippen LogP contribution is 2.18. The molecule has 7 heteroatoms. The third kappa shape index (κ3) is 4.04. The lowest BCUT2D eigenvalue weighted by Gasteiger charge is -2.36. The Morgan fingerprint density at radius 2 is 2.09 bits per heavy atom. The number of carbonyl (C=O) groups is 1. The maximum atomic E-state index is 12.3. The lowest BCUT2D eigenvalue weighted by Crippen LogP contribution is -2.45. The van der Waals surface area contributed by atoms with Gasteiger partial charge in [0.2, 0.25) is 5.91 Å². The molecule has 1 amide bonds. The third-order valence-corrected chi connectivity index (χ3v) is 4.59. The molecule has 0 aromatic carbocycles. The molecule has 0 saturated carbocycles. The lowest BCUT2D eigenvalue weighted by atomic mass is 10.0. The second-order valence-electron chi connectivity index (χ2n) is 6.05. The smallest absolute Gasteiger partial charge is 0.224 e. The van der Waals surface area contributed by atoms with Gasteiger partial charge in [-0.25, -0.2) is 4.98 Å². The zero-order chi connectivity index (χ0) is 15.2. The quantitative estimate of drug-likeness (QED) is 0.787. The Balaban J connectivity index is 1.49. The summed E-state index contributed by atoms with van der Waals surface area (Å²) >= 11 is 0. The van der Waals surface area contributed by atoms with Crippen LogP contribution in [0.4, 0.5) is 0 Å². The summed E-state index contributed by atoms with van der Waals surface area (Å²) in [6.07, 6.45) is 7.60. The largest absolute Gasteiger partial charge is 0.378 e. The Kier molecular flexibility index (Phi) is 5.39. The van der Waals surface area contributed by atoms with Crippen LogP contribution in [0.1, 0.15) is 25.7 Å². The first-order valence-corrected chi connectivity index (χ1v) is 8.25. The van der Waals surface area contributed by atoms with E-state index in [0.29, 0.717) is 25.7 Å². The van der Waals surface area contributed by atoms with E-state index in [9.17, 15) is 4.79 Å². The molecule has 22 heavy (non-hydrogen) atoms. The van der Waals surface area contributed by atoms with Gasteiger partial charge in [-0.1, -0.05) is 6.42 Å². The highest BCUT2D eigenvalue weighted by molar-refractivity contribution is 5.76. The molecule has 7 nitrogen and oxygen atoms in total. The summed E-state index contributed by atoms with van der Waals surface area (Å²) in [4.78, 5) is 20.7. The van der Waals surface area contributed by atoms with Crippen LogP contribution in [-0.4, -0.2) is 75.9 Å². The number of likely N-dealkylation sites (tertiary alicyclic amines) is 1. The van der Waals surface area contributed by atoms with Gasteiger partial charge in [-0.15, -0.1) is 0 Å². The molecule has 2 aliphatic rings. The van der Waals surface area contributed by atoms with Gasteiger partial charge in [0.1, 0.15) is 12.7 Å². The number of aromatic nitrogens is 3. The molecule has 1 aromatic rings. The van der Waals surface area contributed by atoms with Crippen molar-refractivity contribution in [3.8, 4) is 0 Å². The third-order valence-electron chi connectivity index (χ3n) is 4.59. The normalized spacial score (nSPS) is 23.6. The second kappa shape index (κ2) is 7.69. The van der Waals surface area contributed by atoms with Crippen LogP contribution in [-0.2, 0) is 16.1 Å². The predicted molar refractivity (Wildman–Crippen MR) is 81.3 cm³/mol. The fourth-order valence-electron chi connectivity index (χ4n) is 3.31. The van der Waals surface area contributed by atoms with Crippen LogP contribution in [0.15, 0.2) is 12.7 Å². The minimum absolute atomic E-state index is 0.258. The average Bonchev–Trinajstić information content (AvgIpc) is 3.07. The van der Waals surface area contributed by atoms with E-state index in [1.54, 1.807) is 12.7 Å². The van der Waals surface area contributed by atoms with Crippen LogP contribution in [0.5, 0.6) is 0 Å². The molecule has 122 valence electrons. The van der Waals surface area contributed by atoms with Crippen LogP contribution < -0.4 is 0 Å². The zero-order valence-corrected chi connectivity index (χ0v) is 13.1. The van der Waals surface area contributed by atoms with Gasteiger partial charge >= 0.3 is 0 Å². The average molecular weight is 307 g/mol. The van der Waals surface area contributed by atoms with E-state index in [0.717, 1.165) is 32.7 Å². The van der Waals surface area contributed by atoms with Crippen LogP contribution in [0.25, 0.3) is 0 Å². The maximum Gasteiger partial charge on any atom is 0.224 e. The molecule has 3 heterocycles. The first-order chi connectivity index (χ1) is 10.8. The standard InChI is InChI=1S/C15H25N5O2/c21-15(19-7-9-22-10-8-19)4-6-18-5-2-1-3-14(18)11-20-13-16-12-17-20/h12-14H,1-11H2/t14-/m1/s1. The summed E-state index contributed by atoms with van der Waals surface area (Å²) in [6, 6.07) is 0.466. The number of piperidine rings is 1. The van der Waals surface area contributed by atoms with Crippen molar-refractivity contribution in [2.24, 2.45) is 0 Å². The van der Waals surface area contributed by atoms with Gasteiger partial charge in [-0.05, 0) is 19.4 Å². The van der Waals surface area contributed by atoms with Gasteiger partial charge in [0.15, 0.2) is 0 Å². The summed E-state index contributed by atoms with van der Waals surface area (Å²) in [7, 11) is 0. The Morgan fingerprint density at radius 1 is 1.23 bits per heavy atom. The number of nitrogens with zero attached hydrogens (tertiary/aromatic N) is 5. The Hall–Kier alpha value is -1.47. The SMILES string of the molecule is O=C(CCN1CCCC[C@@H]1Cn1cncn1)N1CCOCC1. The fourth-order valence-corrected chi connectivity index (χ4v) is 3.31. The van der Waals surface area contributed by atoms with Crippen molar-refractivity contribution >= 4 is 5.91 Å². The van der Waals surface area contributed by atoms with Gasteiger partial charge in [0.05, 0.1) is 19.8 Å². The van der Waals surface area contributed by atoms with Crippen molar-refractivity contribution in [2.75, 3.05) is 39.4 Å². The molecule has 3 rings (SSSR count). The van der Waals surface area contributed by atoms with Gasteiger partial charge in [-0.3, -0.25) is 14.4 Å². The minimum atomic E-state index is 0.258. The number of hydrogen-bond donors (Lipinski definition) is 0. The molecule has 2 saturated heterocycles. The van der Waals surface area contributed by atoms with E-state index in [-0.39, 0.29) is 5.91 Å². The van der Waals surface area contributed by atoms with Crippen LogP contribution in [0, 0.1) is 0 Å². The van der Waals surface area contributed by atoms with Crippen molar-refractivity contribution in [1.29, 1.82) is 0 Å². The van der Waals surface area contributed by atoms with E-state index >= 15 is 0 Å². The highest BCUT2D eigenvalue weighted by Gasteiger charge is 2.24. The van der Waals surface area contributed by atoms with Crippen LogP contribution in [0.3, 0.4) is 0 Å². The number of hydrogen-bond acceptors (Lipinski definition) is 5. The summed E-state index contributed by atoms with van der Waals surface area (Å²) in [5.74, 6) is 0.258. The highest BCUT2D eigenvalue weighted by atomic mass is 16.5. The van der Waals surface area contributed by atoms with Crippen molar-refractivity contribution in [3.05, 3.63) is 12.7 Å². The molecule has 0 aliphatic carbocycles. The topological polar surface area (TPSA) is 63.5 Å². The van der Waals surface area contributed by atoms with E-state index in [1.165, 1.54) is 19.3 Å². The number of morpholine rings is 1. The van der Waals surface area contributed by atoms with E-state index in [2.05, 4.69) is 15.0 Å². The Bertz CT molecular complexity index is 459. The van der Waals surface area contributed by atoms with Crippen molar-refractivity contribution in [3.63, 3.8) is 0 Å². The summed E-state index contributed by atoms with van der Waals surface area (Å²) in [5, 5.41) is 4.20. The fraction of sp³-hybridized carbons (Fsp3) is 0.800. The second-order valence-corrected chi connectivity index (χ2v) is 6.05. The molecule has 0 bridgehead atoms. The van der Waals surface area contributed by atoms with Gasteiger partial charge in [-0.2, -0.15) is 5.10 Å². The Labute approximate surface area is 131 Å². The lowest BCUT2D eigenvalue weighted by molar-refractivity contribution is -0.135. The number of amides is 1. The summed E-state index contributed by atoms with van der Waals surface area (Å²) in [5.41, 5.74) is 0. The van der Waals surface area contributed by atoms with E-state index in [4.69, 9.17) is 4.74 Å². The van der Waals surface area contributed by atoms with Crippen LogP contribution in [0.2, 0.25) is 0 Å². The molecule has 2 aliphatic heterocycles. The molecule has 1 atom stereocenters. The molecule has 2 fully saturated rings. The molecule has 1 aromatic heterocycles.